The molecule has 0 aliphatic rings. The molecule has 0 aliphatic carbocycles. The Balaban J connectivity index is 1.87. The van der Waals surface area contributed by atoms with Crippen molar-refractivity contribution in [1.29, 1.82) is 0 Å². The van der Waals surface area contributed by atoms with E-state index in [4.69, 9.17) is 11.6 Å². The third-order valence-corrected chi connectivity index (χ3v) is 2.72. The van der Waals surface area contributed by atoms with Crippen molar-refractivity contribution >= 4 is 34.8 Å². The normalized spacial score (nSPS) is 9.85. The van der Waals surface area contributed by atoms with Crippen LogP contribution in [0.3, 0.4) is 0 Å². The van der Waals surface area contributed by atoms with Gasteiger partial charge in [0, 0.05) is 16.4 Å². The first-order valence-electron chi connectivity index (χ1n) is 6.04. The van der Waals surface area contributed by atoms with E-state index >= 15 is 0 Å². The molecule has 0 heterocycles. The lowest BCUT2D eigenvalue weighted by Crippen LogP contribution is -2.21. The molecule has 0 bridgehead atoms. The van der Waals surface area contributed by atoms with Crippen LogP contribution < -0.4 is 10.6 Å². The molecule has 2 aromatic rings. The Morgan fingerprint density at radius 1 is 0.850 bits per heavy atom. The van der Waals surface area contributed by atoms with Crippen molar-refractivity contribution in [1.82, 2.24) is 0 Å². The molecular weight excluding hydrogens is 276 g/mol. The molecular formula is C15H13ClN2O2. The molecule has 0 saturated heterocycles. The van der Waals surface area contributed by atoms with Gasteiger partial charge in [0.05, 0.1) is 0 Å². The summed E-state index contributed by atoms with van der Waals surface area (Å²) in [4.78, 5) is 23.4. The maximum atomic E-state index is 11.7. The van der Waals surface area contributed by atoms with Gasteiger partial charge in [-0.1, -0.05) is 35.9 Å². The Morgan fingerprint density at radius 3 is 2.10 bits per heavy atom. The number of benzene rings is 2. The lowest BCUT2D eigenvalue weighted by atomic mass is 10.3. The Kier molecular flexibility index (Phi) is 4.74. The van der Waals surface area contributed by atoms with Crippen LogP contribution in [0.4, 0.5) is 11.4 Å². The fourth-order valence-corrected chi connectivity index (χ4v) is 1.83. The summed E-state index contributed by atoms with van der Waals surface area (Å²) < 4.78 is 0. The molecule has 20 heavy (non-hydrogen) atoms. The van der Waals surface area contributed by atoms with Crippen LogP contribution in [0, 0.1) is 0 Å². The number of anilines is 2. The van der Waals surface area contributed by atoms with Gasteiger partial charge in [-0.2, -0.15) is 0 Å². The predicted octanol–water partition coefficient (Wildman–Crippen LogP) is 3.31. The zero-order valence-corrected chi connectivity index (χ0v) is 11.4. The molecule has 0 aromatic heterocycles. The zero-order valence-electron chi connectivity index (χ0n) is 10.6. The van der Waals surface area contributed by atoms with Gasteiger partial charge in [-0.3, -0.25) is 9.59 Å². The average Bonchev–Trinajstić information content (AvgIpc) is 2.39. The van der Waals surface area contributed by atoms with Gasteiger partial charge < -0.3 is 10.6 Å². The first kappa shape index (κ1) is 14.1. The molecule has 2 aromatic carbocycles. The number of halogens is 1. The highest BCUT2D eigenvalue weighted by molar-refractivity contribution is 6.30. The molecule has 0 saturated carbocycles. The van der Waals surface area contributed by atoms with Gasteiger partial charge in [-0.25, -0.2) is 0 Å². The minimum atomic E-state index is -0.388. The predicted molar refractivity (Wildman–Crippen MR) is 79.8 cm³/mol. The van der Waals surface area contributed by atoms with Gasteiger partial charge in [-0.15, -0.1) is 0 Å². The Hall–Kier alpha value is -2.33. The second kappa shape index (κ2) is 6.73. The molecule has 0 unspecified atom stereocenters. The maximum absolute atomic E-state index is 11.7. The van der Waals surface area contributed by atoms with Crippen LogP contribution in [0.2, 0.25) is 5.02 Å². The highest BCUT2D eigenvalue weighted by Gasteiger charge is 2.09. The number of para-hydroxylation sites is 1. The molecule has 0 spiro atoms. The van der Waals surface area contributed by atoms with Crippen molar-refractivity contribution in [2.75, 3.05) is 10.6 Å². The molecule has 5 heteroatoms. The molecule has 0 atom stereocenters. The molecule has 2 rings (SSSR count). The highest BCUT2D eigenvalue weighted by atomic mass is 35.5. The smallest absolute Gasteiger partial charge is 0.233 e. The van der Waals surface area contributed by atoms with E-state index in [1.165, 1.54) is 0 Å². The molecule has 102 valence electrons. The van der Waals surface area contributed by atoms with E-state index in [2.05, 4.69) is 10.6 Å². The van der Waals surface area contributed by atoms with Crippen LogP contribution in [0.25, 0.3) is 0 Å². The topological polar surface area (TPSA) is 58.2 Å². The molecule has 4 nitrogen and oxygen atoms in total. The SMILES string of the molecule is O=C(CC(=O)Nc1cccc(Cl)c1)Nc1ccccc1. The summed E-state index contributed by atoms with van der Waals surface area (Å²) in [5, 5.41) is 5.78. The molecule has 2 amide bonds. The number of nitrogens with one attached hydrogen (secondary N) is 2. The van der Waals surface area contributed by atoms with Crippen LogP contribution in [-0.2, 0) is 9.59 Å². The van der Waals surface area contributed by atoms with Crippen molar-refractivity contribution < 1.29 is 9.59 Å². The van der Waals surface area contributed by atoms with Gasteiger partial charge >= 0.3 is 0 Å². The fourth-order valence-electron chi connectivity index (χ4n) is 1.64. The van der Waals surface area contributed by atoms with Crippen LogP contribution in [0.15, 0.2) is 54.6 Å². The quantitative estimate of drug-likeness (QED) is 0.848. The monoisotopic (exact) mass is 288 g/mol. The van der Waals surface area contributed by atoms with E-state index in [9.17, 15) is 9.59 Å². The van der Waals surface area contributed by atoms with Gasteiger partial charge in [-0.05, 0) is 30.3 Å². The molecule has 0 aliphatic heterocycles. The van der Waals surface area contributed by atoms with Crippen molar-refractivity contribution in [3.8, 4) is 0 Å². The van der Waals surface area contributed by atoms with Gasteiger partial charge in [0.15, 0.2) is 0 Å². The molecule has 2 N–H and O–H groups in total. The minimum absolute atomic E-state index is 0.249. The van der Waals surface area contributed by atoms with Gasteiger partial charge in [0.1, 0.15) is 6.42 Å². The van der Waals surface area contributed by atoms with Crippen molar-refractivity contribution in [3.63, 3.8) is 0 Å². The summed E-state index contributed by atoms with van der Waals surface area (Å²) in [6, 6.07) is 15.7. The summed E-state index contributed by atoms with van der Waals surface area (Å²) in [6.07, 6.45) is -0.249. The third kappa shape index (κ3) is 4.40. The maximum Gasteiger partial charge on any atom is 0.233 e. The number of rotatable bonds is 4. The number of carbonyl (C=O) groups excluding carboxylic acids is 2. The summed E-state index contributed by atoms with van der Waals surface area (Å²) in [6.45, 7) is 0. The Morgan fingerprint density at radius 2 is 1.45 bits per heavy atom. The van der Waals surface area contributed by atoms with E-state index < -0.39 is 0 Å². The lowest BCUT2D eigenvalue weighted by Gasteiger charge is -2.06. The third-order valence-electron chi connectivity index (χ3n) is 2.49. The van der Waals surface area contributed by atoms with Crippen molar-refractivity contribution in [2.24, 2.45) is 0 Å². The summed E-state index contributed by atoms with van der Waals surface area (Å²) in [5.74, 6) is -0.753. The number of carbonyl (C=O) groups is 2. The highest BCUT2D eigenvalue weighted by Crippen LogP contribution is 2.15. The second-order valence-electron chi connectivity index (χ2n) is 4.15. The van der Waals surface area contributed by atoms with E-state index in [0.29, 0.717) is 16.4 Å². The number of amides is 2. The van der Waals surface area contributed by atoms with Crippen LogP contribution in [0.5, 0.6) is 0 Å². The average molecular weight is 289 g/mol. The van der Waals surface area contributed by atoms with E-state index in [1.54, 1.807) is 36.4 Å². The van der Waals surface area contributed by atoms with Gasteiger partial charge in [0.25, 0.3) is 0 Å². The van der Waals surface area contributed by atoms with E-state index in [1.807, 2.05) is 18.2 Å². The standard InChI is InChI=1S/C15H13ClN2O2/c16-11-5-4-8-13(9-11)18-15(20)10-14(19)17-12-6-2-1-3-7-12/h1-9H,10H2,(H,17,19)(H,18,20). The van der Waals surface area contributed by atoms with Crippen LogP contribution in [0.1, 0.15) is 6.42 Å². The van der Waals surface area contributed by atoms with E-state index in [-0.39, 0.29) is 18.2 Å². The van der Waals surface area contributed by atoms with Crippen LogP contribution >= 0.6 is 11.6 Å². The number of hydrogen-bond donors (Lipinski definition) is 2. The van der Waals surface area contributed by atoms with Gasteiger partial charge in [0.2, 0.25) is 11.8 Å². The summed E-state index contributed by atoms with van der Waals surface area (Å²) in [5.41, 5.74) is 1.23. The Labute approximate surface area is 121 Å². The first-order valence-corrected chi connectivity index (χ1v) is 6.41. The molecule has 0 fully saturated rings. The summed E-state index contributed by atoms with van der Waals surface area (Å²) >= 11 is 5.81. The second-order valence-corrected chi connectivity index (χ2v) is 4.59. The lowest BCUT2D eigenvalue weighted by molar-refractivity contribution is -0.123. The van der Waals surface area contributed by atoms with E-state index in [0.717, 1.165) is 0 Å². The Bertz CT molecular complexity index is 614. The van der Waals surface area contributed by atoms with Crippen molar-refractivity contribution in [3.05, 3.63) is 59.6 Å². The zero-order chi connectivity index (χ0) is 14.4. The molecule has 0 radical (unpaired) electrons. The van der Waals surface area contributed by atoms with Crippen LogP contribution in [-0.4, -0.2) is 11.8 Å². The fraction of sp³-hybridized carbons (Fsp3) is 0.0667. The number of hydrogen-bond acceptors (Lipinski definition) is 2. The summed E-state index contributed by atoms with van der Waals surface area (Å²) in [7, 11) is 0. The minimum Gasteiger partial charge on any atom is -0.326 e. The van der Waals surface area contributed by atoms with Crippen molar-refractivity contribution in [2.45, 2.75) is 6.42 Å². The largest absolute Gasteiger partial charge is 0.326 e. The first-order chi connectivity index (χ1) is 9.63.